The van der Waals surface area contributed by atoms with Crippen LogP contribution in [0.4, 0.5) is 13.2 Å². The molecule has 1 fully saturated rings. The molecule has 1 aliphatic heterocycles. The fraction of sp³-hybridized carbons (Fsp3) is 0.400. The van der Waals surface area contributed by atoms with Gasteiger partial charge in [-0.1, -0.05) is 47.6 Å². The Bertz CT molecular complexity index is 1110. The van der Waals surface area contributed by atoms with E-state index in [4.69, 9.17) is 4.52 Å². The van der Waals surface area contributed by atoms with E-state index in [1.807, 2.05) is 37.3 Å². The molecule has 0 spiro atoms. The maximum atomic E-state index is 13.0. The molecule has 0 aliphatic carbocycles. The van der Waals surface area contributed by atoms with Crippen molar-refractivity contribution in [2.45, 2.75) is 32.1 Å². The van der Waals surface area contributed by atoms with Crippen molar-refractivity contribution in [1.82, 2.24) is 25.3 Å². The summed E-state index contributed by atoms with van der Waals surface area (Å²) >= 11 is 0. The molecule has 0 saturated carbocycles. The number of rotatable bonds is 8. The summed E-state index contributed by atoms with van der Waals surface area (Å²) < 4.78 is 44.1. The molecular weight excluding hydrogens is 459 g/mol. The van der Waals surface area contributed by atoms with Gasteiger partial charge in [0.25, 0.3) is 0 Å². The number of carbonyl (C=O) groups excluding carboxylic acids is 1. The summed E-state index contributed by atoms with van der Waals surface area (Å²) in [6.45, 7) is 6.22. The van der Waals surface area contributed by atoms with Crippen molar-refractivity contribution >= 4 is 5.91 Å². The van der Waals surface area contributed by atoms with E-state index in [9.17, 15) is 18.0 Å². The highest BCUT2D eigenvalue weighted by molar-refractivity contribution is 5.76. The predicted molar refractivity (Wildman–Crippen MR) is 124 cm³/mol. The van der Waals surface area contributed by atoms with Crippen molar-refractivity contribution < 1.29 is 22.5 Å². The molecule has 1 atom stereocenters. The lowest BCUT2D eigenvalue weighted by Gasteiger charge is -2.33. The molecule has 35 heavy (non-hydrogen) atoms. The third-order valence-corrected chi connectivity index (χ3v) is 6.07. The lowest BCUT2D eigenvalue weighted by atomic mass is 10.1. The molecule has 186 valence electrons. The van der Waals surface area contributed by atoms with E-state index in [0.29, 0.717) is 25.4 Å². The molecule has 1 amide bonds. The van der Waals surface area contributed by atoms with Gasteiger partial charge in [-0.2, -0.15) is 18.2 Å². The van der Waals surface area contributed by atoms with E-state index >= 15 is 0 Å². The highest BCUT2D eigenvalue weighted by Gasteiger charge is 2.31. The van der Waals surface area contributed by atoms with Gasteiger partial charge in [-0.15, -0.1) is 0 Å². The predicted octanol–water partition coefficient (Wildman–Crippen LogP) is 4.14. The van der Waals surface area contributed by atoms with Gasteiger partial charge >= 0.3 is 6.18 Å². The molecule has 7 nitrogen and oxygen atoms in total. The monoisotopic (exact) mass is 487 g/mol. The Morgan fingerprint density at radius 2 is 1.77 bits per heavy atom. The van der Waals surface area contributed by atoms with E-state index in [0.717, 1.165) is 43.9 Å². The van der Waals surface area contributed by atoms with Crippen molar-refractivity contribution in [2.75, 3.05) is 32.7 Å². The Hall–Kier alpha value is -3.24. The molecule has 0 bridgehead atoms. The maximum Gasteiger partial charge on any atom is 0.416 e. The average molecular weight is 488 g/mol. The molecule has 1 aliphatic rings. The zero-order chi connectivity index (χ0) is 24.8. The summed E-state index contributed by atoms with van der Waals surface area (Å²) in [5.41, 5.74) is 0.590. The van der Waals surface area contributed by atoms with Crippen molar-refractivity contribution in [3.05, 3.63) is 71.6 Å². The summed E-state index contributed by atoms with van der Waals surface area (Å²) in [6, 6.07) is 14.7. The second-order valence-corrected chi connectivity index (χ2v) is 8.66. The van der Waals surface area contributed by atoms with Crippen LogP contribution in [0.25, 0.3) is 11.4 Å². The molecule has 10 heteroatoms. The molecule has 3 aromatic rings. The van der Waals surface area contributed by atoms with Gasteiger partial charge in [-0.3, -0.25) is 9.69 Å². The molecule has 1 N–H and O–H groups in total. The molecule has 1 saturated heterocycles. The van der Waals surface area contributed by atoms with Gasteiger partial charge in [0.05, 0.1) is 18.2 Å². The number of alkyl halides is 3. The normalized spacial score (nSPS) is 16.2. The first kappa shape index (κ1) is 24.9. The van der Waals surface area contributed by atoms with Gasteiger partial charge in [0, 0.05) is 44.7 Å². The summed E-state index contributed by atoms with van der Waals surface area (Å²) in [6.07, 6.45) is -4.00. The minimum atomic E-state index is -4.43. The molecule has 2 heterocycles. The van der Waals surface area contributed by atoms with E-state index in [-0.39, 0.29) is 23.3 Å². The van der Waals surface area contributed by atoms with Crippen LogP contribution in [-0.2, 0) is 17.5 Å². The number of carbonyl (C=O) groups is 1. The molecule has 2 aromatic carbocycles. The lowest BCUT2D eigenvalue weighted by molar-refractivity contribution is -0.137. The SMILES string of the molecule is CC(NC(=O)CCN1CCN(Cc2nc(-c3cccc(C(F)(F)F)c3)no2)CC1)c1ccccc1. The van der Waals surface area contributed by atoms with Crippen molar-refractivity contribution in [3.8, 4) is 11.4 Å². The Kier molecular flexibility index (Phi) is 7.82. The van der Waals surface area contributed by atoms with Crippen LogP contribution >= 0.6 is 0 Å². The first-order valence-electron chi connectivity index (χ1n) is 11.6. The van der Waals surface area contributed by atoms with Crippen LogP contribution < -0.4 is 5.32 Å². The molecular formula is C25H28F3N5O2. The fourth-order valence-corrected chi connectivity index (χ4v) is 4.03. The number of hydrogen-bond acceptors (Lipinski definition) is 6. The largest absolute Gasteiger partial charge is 0.416 e. The number of halogens is 3. The maximum absolute atomic E-state index is 13.0. The lowest BCUT2D eigenvalue weighted by Crippen LogP contribution is -2.46. The smallest absolute Gasteiger partial charge is 0.350 e. The van der Waals surface area contributed by atoms with Crippen LogP contribution in [0.15, 0.2) is 59.1 Å². The summed E-state index contributed by atoms with van der Waals surface area (Å²) in [4.78, 5) is 21.0. The zero-order valence-electron chi connectivity index (χ0n) is 19.5. The average Bonchev–Trinajstić information content (AvgIpc) is 3.32. The fourth-order valence-electron chi connectivity index (χ4n) is 4.03. The highest BCUT2D eigenvalue weighted by Crippen LogP contribution is 2.31. The standard InChI is InChI=1S/C25H28F3N5O2/c1-18(19-6-3-2-4-7-19)29-22(34)10-11-32-12-14-33(15-13-32)17-23-30-24(31-35-23)20-8-5-9-21(16-20)25(26,27)28/h2-9,16,18H,10-15,17H2,1H3,(H,29,34). The number of aromatic nitrogens is 2. The molecule has 1 aromatic heterocycles. The second kappa shape index (κ2) is 11.0. The highest BCUT2D eigenvalue weighted by atomic mass is 19.4. The first-order chi connectivity index (χ1) is 16.8. The van der Waals surface area contributed by atoms with Crippen LogP contribution in [0.5, 0.6) is 0 Å². The van der Waals surface area contributed by atoms with Crippen LogP contribution in [0.3, 0.4) is 0 Å². The Labute approximate surface area is 201 Å². The number of nitrogens with one attached hydrogen (secondary N) is 1. The topological polar surface area (TPSA) is 74.5 Å². The molecule has 4 rings (SSSR count). The van der Waals surface area contributed by atoms with Gasteiger partial charge < -0.3 is 14.7 Å². The van der Waals surface area contributed by atoms with Gasteiger partial charge in [0.1, 0.15) is 0 Å². The van der Waals surface area contributed by atoms with Crippen LogP contribution in [0, 0.1) is 0 Å². The van der Waals surface area contributed by atoms with Crippen molar-refractivity contribution in [2.24, 2.45) is 0 Å². The van der Waals surface area contributed by atoms with E-state index in [2.05, 4.69) is 25.3 Å². The van der Waals surface area contributed by atoms with Gasteiger partial charge in [0.2, 0.25) is 17.6 Å². The minimum absolute atomic E-state index is 0.0248. The quantitative estimate of drug-likeness (QED) is 0.515. The van der Waals surface area contributed by atoms with Gasteiger partial charge in [-0.25, -0.2) is 0 Å². The Balaban J connectivity index is 1.21. The number of piperazine rings is 1. The third kappa shape index (κ3) is 6.89. The van der Waals surface area contributed by atoms with E-state index < -0.39 is 11.7 Å². The Morgan fingerprint density at radius 3 is 2.49 bits per heavy atom. The molecule has 1 unspecified atom stereocenters. The minimum Gasteiger partial charge on any atom is -0.350 e. The Morgan fingerprint density at radius 1 is 1.06 bits per heavy atom. The number of benzene rings is 2. The van der Waals surface area contributed by atoms with Gasteiger partial charge in [0.15, 0.2) is 0 Å². The number of hydrogen-bond donors (Lipinski definition) is 1. The van der Waals surface area contributed by atoms with Gasteiger partial charge in [-0.05, 0) is 24.6 Å². The summed E-state index contributed by atoms with van der Waals surface area (Å²) in [5.74, 6) is 0.525. The third-order valence-electron chi connectivity index (χ3n) is 6.07. The summed E-state index contributed by atoms with van der Waals surface area (Å²) in [5, 5.41) is 6.89. The van der Waals surface area contributed by atoms with Crippen molar-refractivity contribution in [1.29, 1.82) is 0 Å². The second-order valence-electron chi connectivity index (χ2n) is 8.66. The summed E-state index contributed by atoms with van der Waals surface area (Å²) in [7, 11) is 0. The van der Waals surface area contributed by atoms with Crippen LogP contribution in [0.1, 0.15) is 36.4 Å². The van der Waals surface area contributed by atoms with E-state index in [1.54, 1.807) is 0 Å². The molecule has 0 radical (unpaired) electrons. The van der Waals surface area contributed by atoms with Crippen LogP contribution in [-0.4, -0.2) is 58.6 Å². The van der Waals surface area contributed by atoms with Crippen molar-refractivity contribution in [3.63, 3.8) is 0 Å². The number of amides is 1. The first-order valence-corrected chi connectivity index (χ1v) is 11.6. The zero-order valence-corrected chi connectivity index (χ0v) is 19.5. The van der Waals surface area contributed by atoms with Crippen LogP contribution in [0.2, 0.25) is 0 Å². The number of nitrogens with zero attached hydrogens (tertiary/aromatic N) is 4. The van der Waals surface area contributed by atoms with E-state index in [1.165, 1.54) is 12.1 Å².